The summed E-state index contributed by atoms with van der Waals surface area (Å²) in [7, 11) is 1.66. The van der Waals surface area contributed by atoms with E-state index in [1.54, 1.807) is 13.3 Å². The van der Waals surface area contributed by atoms with Crippen molar-refractivity contribution in [3.8, 4) is 5.75 Å². The largest absolute Gasteiger partial charge is 1.00 e. The molecule has 0 spiro atoms. The molecule has 1 aromatic carbocycles. The van der Waals surface area contributed by atoms with Crippen LogP contribution < -0.4 is 17.1 Å². The van der Waals surface area contributed by atoms with Gasteiger partial charge in [0.05, 0.1) is 18.7 Å². The van der Waals surface area contributed by atoms with E-state index in [2.05, 4.69) is 22.5 Å². The number of ether oxygens (including phenoxy) is 1. The molecule has 5 rings (SSSR count). The second-order valence-corrected chi connectivity index (χ2v) is 6.97. The molecule has 2 bridgehead atoms. The van der Waals surface area contributed by atoms with Gasteiger partial charge in [0.25, 0.3) is 0 Å². The summed E-state index contributed by atoms with van der Waals surface area (Å²) in [6.07, 6.45) is 5.62. The van der Waals surface area contributed by atoms with E-state index in [1.807, 2.05) is 24.3 Å². The van der Waals surface area contributed by atoms with E-state index in [0.29, 0.717) is 11.8 Å². The highest BCUT2D eigenvalue weighted by atomic mass is 35.5. The first kappa shape index (κ1) is 23.3. The number of methoxy groups -OCH3 is 1. The molecule has 3 fully saturated rings. The number of fused-ring (bicyclic) bond motifs is 4. The van der Waals surface area contributed by atoms with Crippen molar-refractivity contribution < 1.29 is 33.2 Å². The van der Waals surface area contributed by atoms with Crippen molar-refractivity contribution in [3.63, 3.8) is 0 Å². The van der Waals surface area contributed by atoms with Gasteiger partial charge in [0.15, 0.2) is 0 Å². The van der Waals surface area contributed by atoms with Gasteiger partial charge in [-0.3, -0.25) is 9.88 Å². The molecule has 0 aliphatic carbocycles. The average Bonchev–Trinajstić information content (AvgIpc) is 2.66. The number of pyridine rings is 1. The standard InChI is InChI=1S/C20H24N2O2.ClH.2H2O/c1-3-13-12-22-9-7-14(13)10-19(22)20(23)16-6-8-21-18-5-4-15(24-2)11-17(16)18;;;/h3-6,8,11,13-14,19-20,23H,1,7,9-10,12H2,2H3;1H;2*1H2/p-1/t13?,14-,19-,20?;;;/m0.../s1. The average molecular weight is 396 g/mol. The third kappa shape index (κ3) is 4.10. The van der Waals surface area contributed by atoms with Crippen LogP contribution in [0.2, 0.25) is 0 Å². The molecule has 3 unspecified atom stereocenters. The van der Waals surface area contributed by atoms with Crippen molar-refractivity contribution in [3.05, 3.63) is 48.7 Å². The van der Waals surface area contributed by atoms with Gasteiger partial charge >= 0.3 is 0 Å². The predicted molar refractivity (Wildman–Crippen MR) is 102 cm³/mol. The highest BCUT2D eigenvalue weighted by Gasteiger charge is 2.42. The van der Waals surface area contributed by atoms with Crippen LogP contribution in [0.3, 0.4) is 0 Å². The summed E-state index contributed by atoms with van der Waals surface area (Å²) in [6.45, 7) is 6.07. The smallest absolute Gasteiger partial charge is 0.119 e. The summed E-state index contributed by atoms with van der Waals surface area (Å²) in [5.41, 5.74) is 1.85. The molecule has 3 saturated heterocycles. The number of benzene rings is 1. The highest BCUT2D eigenvalue weighted by molar-refractivity contribution is 5.83. The van der Waals surface area contributed by atoms with E-state index in [0.717, 1.165) is 41.7 Å². The number of aromatic nitrogens is 1. The SMILES string of the molecule is C=CC1CN2CC[C@H]1C[C@H]2C(O)c1ccnc2ccc(OC)cc12.O.O.[Cl-]. The molecule has 3 aliphatic heterocycles. The van der Waals surface area contributed by atoms with E-state index >= 15 is 0 Å². The lowest BCUT2D eigenvalue weighted by Gasteiger charge is -2.50. The lowest BCUT2D eigenvalue weighted by Crippen LogP contribution is -3.00. The molecule has 150 valence electrons. The maximum Gasteiger partial charge on any atom is 0.119 e. The number of rotatable bonds is 4. The normalized spacial score (nSPS) is 26.9. The van der Waals surface area contributed by atoms with Crippen LogP contribution in [0.1, 0.15) is 24.5 Å². The quantitative estimate of drug-likeness (QED) is 0.637. The number of piperidine rings is 3. The highest BCUT2D eigenvalue weighted by Crippen LogP contribution is 2.42. The third-order valence-corrected chi connectivity index (χ3v) is 5.82. The van der Waals surface area contributed by atoms with E-state index < -0.39 is 6.10 Å². The van der Waals surface area contributed by atoms with Gasteiger partial charge in [-0.2, -0.15) is 0 Å². The molecule has 27 heavy (non-hydrogen) atoms. The molecular weight excluding hydrogens is 368 g/mol. The molecule has 0 saturated carbocycles. The summed E-state index contributed by atoms with van der Waals surface area (Å²) in [6, 6.07) is 7.96. The Bertz CT molecular complexity index is 773. The molecule has 6 nitrogen and oxygen atoms in total. The molecule has 1 aromatic heterocycles. The summed E-state index contributed by atoms with van der Waals surface area (Å²) >= 11 is 0. The minimum atomic E-state index is -0.504. The zero-order valence-corrected chi connectivity index (χ0v) is 16.2. The van der Waals surface area contributed by atoms with E-state index in [4.69, 9.17) is 4.74 Å². The first-order valence-electron chi connectivity index (χ1n) is 8.68. The maximum absolute atomic E-state index is 11.2. The first-order valence-corrected chi connectivity index (χ1v) is 8.68. The summed E-state index contributed by atoms with van der Waals surface area (Å²) in [5, 5.41) is 12.1. The van der Waals surface area contributed by atoms with Gasteiger partial charge in [-0.25, -0.2) is 0 Å². The van der Waals surface area contributed by atoms with Crippen LogP contribution in [-0.2, 0) is 0 Å². The Balaban J connectivity index is 0.00000121. The van der Waals surface area contributed by atoms with Gasteiger partial charge in [0.1, 0.15) is 5.75 Å². The predicted octanol–water partition coefficient (Wildman–Crippen LogP) is -1.47. The van der Waals surface area contributed by atoms with Crippen LogP contribution in [0.15, 0.2) is 43.1 Å². The third-order valence-electron chi connectivity index (χ3n) is 5.82. The second kappa shape index (κ2) is 9.48. The van der Waals surface area contributed by atoms with Crippen LogP contribution in [0.25, 0.3) is 10.9 Å². The van der Waals surface area contributed by atoms with E-state index in [-0.39, 0.29) is 29.4 Å². The van der Waals surface area contributed by atoms with E-state index in [1.165, 1.54) is 6.42 Å². The van der Waals surface area contributed by atoms with Crippen LogP contribution in [-0.4, -0.2) is 52.2 Å². The molecule has 2 aromatic rings. The molecule has 5 atom stereocenters. The monoisotopic (exact) mass is 395 g/mol. The summed E-state index contributed by atoms with van der Waals surface area (Å²) < 4.78 is 5.35. The fourth-order valence-corrected chi connectivity index (χ4v) is 4.44. The Morgan fingerprint density at radius 2 is 2.11 bits per heavy atom. The Morgan fingerprint density at radius 3 is 2.74 bits per heavy atom. The van der Waals surface area contributed by atoms with Crippen molar-refractivity contribution in [2.45, 2.75) is 25.0 Å². The van der Waals surface area contributed by atoms with Gasteiger partial charge in [0.2, 0.25) is 0 Å². The van der Waals surface area contributed by atoms with Gasteiger partial charge < -0.3 is 33.2 Å². The molecule has 0 radical (unpaired) electrons. The molecule has 3 aliphatic rings. The summed E-state index contributed by atoms with van der Waals surface area (Å²) in [5.74, 6) is 2.01. The fraction of sp³-hybridized carbons (Fsp3) is 0.450. The Kier molecular flexibility index (Phi) is 8.20. The number of aliphatic hydroxyl groups is 1. The number of hydrogen-bond acceptors (Lipinski definition) is 4. The maximum atomic E-state index is 11.2. The molecule has 4 heterocycles. The Hall–Kier alpha value is -1.70. The summed E-state index contributed by atoms with van der Waals surface area (Å²) in [4.78, 5) is 6.86. The topological polar surface area (TPSA) is 109 Å². The van der Waals surface area contributed by atoms with Crippen molar-refractivity contribution in [1.82, 2.24) is 9.88 Å². The van der Waals surface area contributed by atoms with Crippen LogP contribution >= 0.6 is 0 Å². The Labute approximate surface area is 165 Å². The minimum absolute atomic E-state index is 0. The lowest BCUT2D eigenvalue weighted by molar-refractivity contribution is -0.0444. The van der Waals surface area contributed by atoms with Crippen molar-refractivity contribution >= 4 is 10.9 Å². The molecule has 7 heteroatoms. The second-order valence-electron chi connectivity index (χ2n) is 6.97. The van der Waals surface area contributed by atoms with Crippen molar-refractivity contribution in [2.24, 2.45) is 11.8 Å². The first-order chi connectivity index (χ1) is 11.7. The molecule has 5 N–H and O–H groups in total. The van der Waals surface area contributed by atoms with Crippen LogP contribution in [0.4, 0.5) is 0 Å². The number of hydrogen-bond donors (Lipinski definition) is 1. The zero-order chi connectivity index (χ0) is 16.7. The molecule has 0 amide bonds. The minimum Gasteiger partial charge on any atom is -1.00 e. The van der Waals surface area contributed by atoms with Crippen molar-refractivity contribution in [2.75, 3.05) is 20.2 Å². The number of nitrogens with zero attached hydrogens (tertiary/aromatic N) is 2. The number of aliphatic hydroxyl groups excluding tert-OH is 1. The fourth-order valence-electron chi connectivity index (χ4n) is 4.44. The molecular formula is C20H28ClN2O4-. The van der Waals surface area contributed by atoms with Crippen LogP contribution in [0.5, 0.6) is 5.75 Å². The van der Waals surface area contributed by atoms with Gasteiger partial charge in [-0.1, -0.05) is 6.08 Å². The Morgan fingerprint density at radius 1 is 1.33 bits per heavy atom. The van der Waals surface area contributed by atoms with E-state index in [9.17, 15) is 5.11 Å². The van der Waals surface area contributed by atoms with Gasteiger partial charge in [-0.05, 0) is 61.1 Å². The lowest BCUT2D eigenvalue weighted by atomic mass is 9.73. The van der Waals surface area contributed by atoms with Crippen molar-refractivity contribution in [1.29, 1.82) is 0 Å². The van der Waals surface area contributed by atoms with Crippen LogP contribution in [0, 0.1) is 11.8 Å². The van der Waals surface area contributed by atoms with Gasteiger partial charge in [-0.15, -0.1) is 6.58 Å². The zero-order valence-electron chi connectivity index (χ0n) is 15.4. The van der Waals surface area contributed by atoms with Gasteiger partial charge in [0, 0.05) is 24.2 Å². The number of halogens is 1.